The molecule has 3 rings (SSSR count). The average Bonchev–Trinajstić information content (AvgIpc) is 3.08. The van der Waals surface area contributed by atoms with Gasteiger partial charge >= 0.3 is 12.0 Å². The summed E-state index contributed by atoms with van der Waals surface area (Å²) in [5.74, 6) is -0.966. The molecule has 1 aliphatic heterocycles. The second kappa shape index (κ2) is 8.77. The van der Waals surface area contributed by atoms with Crippen LogP contribution in [0, 0.1) is 0 Å². The fraction of sp³-hybridized carbons (Fsp3) is 0.389. The van der Waals surface area contributed by atoms with Gasteiger partial charge in [0.2, 0.25) is 0 Å². The van der Waals surface area contributed by atoms with Crippen LogP contribution in [-0.4, -0.2) is 40.1 Å². The number of carbonyl (C=O) groups excluding carboxylic acids is 1. The van der Waals surface area contributed by atoms with Crippen molar-refractivity contribution in [1.82, 2.24) is 15.2 Å². The highest BCUT2D eigenvalue weighted by atomic mass is 32.1. The standard InChI is InChI=1S/C18H22N4O3S/c23-16(24)14-6-4-13(5-7-14)10-19-17(25)21-18-20-15(12-26-18)11-22-8-2-1-3-9-22/h4-7,12H,1-3,8-11H2,(H,23,24)(H2,19,20,21,25). The molecule has 0 bridgehead atoms. The minimum atomic E-state index is -0.966. The maximum atomic E-state index is 12.0. The van der Waals surface area contributed by atoms with Crippen molar-refractivity contribution in [3.05, 3.63) is 46.5 Å². The zero-order chi connectivity index (χ0) is 18.4. The van der Waals surface area contributed by atoms with Gasteiger partial charge in [-0.2, -0.15) is 0 Å². The maximum absolute atomic E-state index is 12.0. The van der Waals surface area contributed by atoms with Gasteiger partial charge < -0.3 is 10.4 Å². The lowest BCUT2D eigenvalue weighted by Crippen LogP contribution is -2.29. The molecule has 8 heteroatoms. The summed E-state index contributed by atoms with van der Waals surface area (Å²) in [5, 5.41) is 16.9. The molecular weight excluding hydrogens is 352 g/mol. The number of carboxylic acid groups (broad SMARTS) is 1. The van der Waals surface area contributed by atoms with E-state index in [0.717, 1.165) is 30.9 Å². The number of carbonyl (C=O) groups is 2. The molecule has 3 N–H and O–H groups in total. The van der Waals surface area contributed by atoms with Crippen molar-refractivity contribution in [2.45, 2.75) is 32.4 Å². The fourth-order valence-corrected chi connectivity index (χ4v) is 3.57. The van der Waals surface area contributed by atoms with Crippen LogP contribution in [0.5, 0.6) is 0 Å². The van der Waals surface area contributed by atoms with Gasteiger partial charge in [0.1, 0.15) is 0 Å². The largest absolute Gasteiger partial charge is 0.478 e. The Morgan fingerprint density at radius 3 is 2.58 bits per heavy atom. The summed E-state index contributed by atoms with van der Waals surface area (Å²) < 4.78 is 0. The van der Waals surface area contributed by atoms with E-state index in [1.165, 1.54) is 42.7 Å². The van der Waals surface area contributed by atoms with E-state index in [9.17, 15) is 9.59 Å². The highest BCUT2D eigenvalue weighted by Crippen LogP contribution is 2.18. The lowest BCUT2D eigenvalue weighted by atomic mass is 10.1. The Hall–Kier alpha value is -2.45. The molecule has 0 radical (unpaired) electrons. The quantitative estimate of drug-likeness (QED) is 0.722. The number of hydrogen-bond acceptors (Lipinski definition) is 5. The lowest BCUT2D eigenvalue weighted by Gasteiger charge is -2.25. The molecule has 1 aromatic carbocycles. The molecule has 0 aliphatic carbocycles. The first-order valence-electron chi connectivity index (χ1n) is 8.64. The van der Waals surface area contributed by atoms with Crippen LogP contribution in [-0.2, 0) is 13.1 Å². The molecule has 1 aliphatic rings. The first-order valence-corrected chi connectivity index (χ1v) is 9.52. The highest BCUT2D eigenvalue weighted by Gasteiger charge is 2.13. The number of carboxylic acids is 1. The van der Waals surface area contributed by atoms with Crippen LogP contribution in [0.4, 0.5) is 9.93 Å². The van der Waals surface area contributed by atoms with Gasteiger partial charge in [0.15, 0.2) is 5.13 Å². The van der Waals surface area contributed by atoms with Crippen molar-refractivity contribution >= 4 is 28.5 Å². The van der Waals surface area contributed by atoms with Crippen molar-refractivity contribution in [2.75, 3.05) is 18.4 Å². The van der Waals surface area contributed by atoms with Crippen LogP contribution >= 0.6 is 11.3 Å². The number of aromatic nitrogens is 1. The highest BCUT2D eigenvalue weighted by molar-refractivity contribution is 7.13. The van der Waals surface area contributed by atoms with E-state index in [1.54, 1.807) is 12.1 Å². The minimum Gasteiger partial charge on any atom is -0.478 e. The third kappa shape index (κ3) is 5.27. The SMILES string of the molecule is O=C(NCc1ccc(C(=O)O)cc1)Nc1nc(CN2CCCCC2)cs1. The van der Waals surface area contributed by atoms with Crippen LogP contribution in [0.3, 0.4) is 0 Å². The van der Waals surface area contributed by atoms with E-state index in [2.05, 4.69) is 20.5 Å². The molecule has 0 unspecified atom stereocenters. The molecule has 2 heterocycles. The second-order valence-corrected chi connectivity index (χ2v) is 7.15. The van der Waals surface area contributed by atoms with Gasteiger partial charge in [-0.05, 0) is 43.6 Å². The Labute approximate surface area is 156 Å². The number of urea groups is 1. The zero-order valence-electron chi connectivity index (χ0n) is 14.4. The Balaban J connectivity index is 1.45. The van der Waals surface area contributed by atoms with Gasteiger partial charge in [-0.1, -0.05) is 18.6 Å². The molecule has 1 fully saturated rings. The first-order chi connectivity index (χ1) is 12.6. The normalized spacial score (nSPS) is 14.8. The molecule has 1 aromatic heterocycles. The molecule has 26 heavy (non-hydrogen) atoms. The number of rotatable bonds is 6. The summed E-state index contributed by atoms with van der Waals surface area (Å²) in [6.45, 7) is 3.37. The monoisotopic (exact) mass is 374 g/mol. The Kier molecular flexibility index (Phi) is 6.19. The predicted octanol–water partition coefficient (Wildman–Crippen LogP) is 3.15. The number of anilines is 1. The van der Waals surface area contributed by atoms with Crippen LogP contribution < -0.4 is 10.6 Å². The first kappa shape index (κ1) is 18.3. The topological polar surface area (TPSA) is 94.6 Å². The van der Waals surface area contributed by atoms with Gasteiger partial charge in [0, 0.05) is 18.5 Å². The van der Waals surface area contributed by atoms with E-state index >= 15 is 0 Å². The van der Waals surface area contributed by atoms with Crippen LogP contribution in [0.2, 0.25) is 0 Å². The number of aromatic carboxylic acids is 1. The number of hydrogen-bond donors (Lipinski definition) is 3. The average molecular weight is 374 g/mol. The lowest BCUT2D eigenvalue weighted by molar-refractivity contribution is 0.0697. The van der Waals surface area contributed by atoms with Crippen LogP contribution in [0.15, 0.2) is 29.6 Å². The molecule has 2 aromatic rings. The number of amides is 2. The minimum absolute atomic E-state index is 0.224. The second-order valence-electron chi connectivity index (χ2n) is 6.29. The van der Waals surface area contributed by atoms with Crippen LogP contribution in [0.25, 0.3) is 0 Å². The molecular formula is C18H22N4O3S. The summed E-state index contributed by atoms with van der Waals surface area (Å²) in [5.41, 5.74) is 2.04. The summed E-state index contributed by atoms with van der Waals surface area (Å²) in [6, 6.07) is 6.08. The Bertz CT molecular complexity index is 754. The van der Waals surface area contributed by atoms with Crippen molar-refractivity contribution in [1.29, 1.82) is 0 Å². The fourth-order valence-electron chi connectivity index (χ4n) is 2.87. The van der Waals surface area contributed by atoms with Gasteiger partial charge in [-0.25, -0.2) is 14.6 Å². The number of thiazole rings is 1. The molecule has 138 valence electrons. The molecule has 1 saturated heterocycles. The van der Waals surface area contributed by atoms with Crippen molar-refractivity contribution in [2.24, 2.45) is 0 Å². The van der Waals surface area contributed by atoms with E-state index in [1.807, 2.05) is 5.38 Å². The van der Waals surface area contributed by atoms with Gasteiger partial charge in [0.25, 0.3) is 0 Å². The van der Waals surface area contributed by atoms with Gasteiger partial charge in [0.05, 0.1) is 11.3 Å². The van der Waals surface area contributed by atoms with Gasteiger partial charge in [-0.3, -0.25) is 10.2 Å². The van der Waals surface area contributed by atoms with Crippen molar-refractivity contribution in [3.8, 4) is 0 Å². The molecule has 2 amide bonds. The van der Waals surface area contributed by atoms with E-state index < -0.39 is 5.97 Å². The number of nitrogens with one attached hydrogen (secondary N) is 2. The van der Waals surface area contributed by atoms with E-state index in [-0.39, 0.29) is 11.6 Å². The summed E-state index contributed by atoms with van der Waals surface area (Å²) in [4.78, 5) is 29.7. The van der Waals surface area contributed by atoms with Crippen LogP contribution in [0.1, 0.15) is 40.9 Å². The van der Waals surface area contributed by atoms with Crippen molar-refractivity contribution < 1.29 is 14.7 Å². The van der Waals surface area contributed by atoms with E-state index in [4.69, 9.17) is 5.11 Å². The number of piperidine rings is 1. The summed E-state index contributed by atoms with van der Waals surface area (Å²) in [7, 11) is 0. The summed E-state index contributed by atoms with van der Waals surface area (Å²) >= 11 is 1.42. The van der Waals surface area contributed by atoms with E-state index in [0.29, 0.717) is 11.7 Å². The Morgan fingerprint density at radius 1 is 1.15 bits per heavy atom. The maximum Gasteiger partial charge on any atom is 0.335 e. The zero-order valence-corrected chi connectivity index (χ0v) is 15.2. The summed E-state index contributed by atoms with van der Waals surface area (Å²) in [6.07, 6.45) is 3.79. The third-order valence-corrected chi connectivity index (χ3v) is 5.07. The Morgan fingerprint density at radius 2 is 1.88 bits per heavy atom. The van der Waals surface area contributed by atoms with Crippen molar-refractivity contribution in [3.63, 3.8) is 0 Å². The number of benzene rings is 1. The molecule has 0 saturated carbocycles. The number of nitrogens with zero attached hydrogens (tertiary/aromatic N) is 2. The third-order valence-electron chi connectivity index (χ3n) is 4.26. The molecule has 7 nitrogen and oxygen atoms in total. The predicted molar refractivity (Wildman–Crippen MR) is 101 cm³/mol. The molecule has 0 atom stereocenters. The smallest absolute Gasteiger partial charge is 0.335 e. The number of likely N-dealkylation sites (tertiary alicyclic amines) is 1. The molecule has 0 spiro atoms. The van der Waals surface area contributed by atoms with Gasteiger partial charge in [-0.15, -0.1) is 11.3 Å².